The molecular weight excluding hydrogens is 286 g/mol. The van der Waals surface area contributed by atoms with E-state index in [4.69, 9.17) is 5.73 Å². The molecule has 1 aliphatic heterocycles. The highest BCUT2D eigenvalue weighted by atomic mass is 16.1. The van der Waals surface area contributed by atoms with Gasteiger partial charge in [-0.1, -0.05) is 18.2 Å². The van der Waals surface area contributed by atoms with Gasteiger partial charge in [-0.05, 0) is 49.3 Å². The minimum absolute atomic E-state index is 0.0573. The van der Waals surface area contributed by atoms with E-state index in [1.165, 1.54) is 0 Å². The van der Waals surface area contributed by atoms with Crippen LogP contribution in [0, 0.1) is 0 Å². The third-order valence-electron chi connectivity index (χ3n) is 4.95. The average molecular weight is 307 g/mol. The van der Waals surface area contributed by atoms with Gasteiger partial charge in [0.05, 0.1) is 5.56 Å². The van der Waals surface area contributed by atoms with Crippen molar-refractivity contribution in [2.24, 2.45) is 0 Å². The minimum Gasteiger partial charge on any atom is -0.398 e. The largest absolute Gasteiger partial charge is 0.398 e. The molecule has 0 aromatic heterocycles. The van der Waals surface area contributed by atoms with Gasteiger partial charge in [0.15, 0.2) is 5.78 Å². The normalized spacial score (nSPS) is 17.8. The van der Waals surface area contributed by atoms with Crippen LogP contribution in [0.3, 0.4) is 0 Å². The van der Waals surface area contributed by atoms with Crippen molar-refractivity contribution >= 4 is 17.2 Å². The number of rotatable bonds is 1. The van der Waals surface area contributed by atoms with Crippen LogP contribution in [-0.2, 0) is 0 Å². The first-order valence-corrected chi connectivity index (χ1v) is 8.16. The number of likely N-dealkylation sites (N-methyl/N-ethyl adjacent to an activating group) is 1. The van der Waals surface area contributed by atoms with Gasteiger partial charge in [-0.2, -0.15) is 0 Å². The summed E-state index contributed by atoms with van der Waals surface area (Å²) in [6, 6.07) is 11.9. The molecule has 2 aromatic carbocycles. The Hall–Kier alpha value is -2.33. The van der Waals surface area contributed by atoms with Crippen LogP contribution in [0.25, 0.3) is 11.1 Å². The third kappa shape index (κ3) is 2.30. The Morgan fingerprint density at radius 2 is 1.83 bits per heavy atom. The fraction of sp³-hybridized carbons (Fsp3) is 0.316. The third-order valence-corrected chi connectivity index (χ3v) is 4.95. The fourth-order valence-electron chi connectivity index (χ4n) is 3.64. The molecule has 0 radical (unpaired) electrons. The molecule has 118 valence electrons. The van der Waals surface area contributed by atoms with Gasteiger partial charge in [-0.3, -0.25) is 4.79 Å². The van der Waals surface area contributed by atoms with Crippen LogP contribution in [0.5, 0.6) is 0 Å². The number of carbonyl (C=O) groups is 1. The summed E-state index contributed by atoms with van der Waals surface area (Å²) in [4.78, 5) is 17.5. The maximum Gasteiger partial charge on any atom is 0.196 e. The molecule has 2 aliphatic rings. The molecule has 1 aliphatic carbocycles. The Morgan fingerprint density at radius 3 is 2.70 bits per heavy atom. The Kier molecular flexibility index (Phi) is 3.34. The van der Waals surface area contributed by atoms with E-state index in [9.17, 15) is 4.79 Å². The lowest BCUT2D eigenvalue weighted by Crippen LogP contribution is -2.28. The summed E-state index contributed by atoms with van der Waals surface area (Å²) >= 11 is 0. The number of fused-ring (bicyclic) bond motifs is 3. The molecule has 23 heavy (non-hydrogen) atoms. The van der Waals surface area contributed by atoms with E-state index in [0.29, 0.717) is 11.3 Å². The first-order chi connectivity index (χ1) is 11.1. The molecule has 0 amide bonds. The number of hydrogen-bond donors (Lipinski definition) is 1. The lowest BCUT2D eigenvalue weighted by Gasteiger charge is -2.23. The van der Waals surface area contributed by atoms with Crippen molar-refractivity contribution in [1.82, 2.24) is 4.90 Å². The summed E-state index contributed by atoms with van der Waals surface area (Å²) in [6.07, 6.45) is 1.15. The first-order valence-electron chi connectivity index (χ1n) is 8.16. The van der Waals surface area contributed by atoms with Gasteiger partial charge >= 0.3 is 0 Å². The molecule has 0 atom stereocenters. The number of benzene rings is 2. The SMILES string of the molecule is CN1CCCN(c2ccc3c(c2)C(=O)c2c(N)cccc2-3)CC1. The van der Waals surface area contributed by atoms with E-state index in [2.05, 4.69) is 29.0 Å². The van der Waals surface area contributed by atoms with Crippen LogP contribution in [-0.4, -0.2) is 43.9 Å². The zero-order valence-electron chi connectivity index (χ0n) is 13.4. The van der Waals surface area contributed by atoms with E-state index >= 15 is 0 Å². The van der Waals surface area contributed by atoms with Gasteiger partial charge in [-0.15, -0.1) is 0 Å². The van der Waals surface area contributed by atoms with E-state index in [-0.39, 0.29) is 5.78 Å². The molecule has 4 nitrogen and oxygen atoms in total. The Balaban J connectivity index is 1.72. The average Bonchev–Trinajstić information content (AvgIpc) is 2.70. The number of anilines is 2. The quantitative estimate of drug-likeness (QED) is 0.702. The molecule has 0 saturated carbocycles. The lowest BCUT2D eigenvalue weighted by molar-refractivity contribution is 0.104. The predicted octanol–water partition coefficient (Wildman–Crippen LogP) is 2.62. The summed E-state index contributed by atoms with van der Waals surface area (Å²) < 4.78 is 0. The van der Waals surface area contributed by atoms with Gasteiger partial charge in [-0.25, -0.2) is 0 Å². The summed E-state index contributed by atoms with van der Waals surface area (Å²) in [6.45, 7) is 4.21. The fourth-order valence-corrected chi connectivity index (χ4v) is 3.64. The number of carbonyl (C=O) groups excluding carboxylic acids is 1. The van der Waals surface area contributed by atoms with Gasteiger partial charge < -0.3 is 15.5 Å². The maximum absolute atomic E-state index is 12.8. The van der Waals surface area contributed by atoms with Crippen molar-refractivity contribution in [3.63, 3.8) is 0 Å². The van der Waals surface area contributed by atoms with Crippen LogP contribution in [0.15, 0.2) is 36.4 Å². The summed E-state index contributed by atoms with van der Waals surface area (Å²) in [5.41, 5.74) is 11.2. The highest BCUT2D eigenvalue weighted by molar-refractivity contribution is 6.24. The lowest BCUT2D eigenvalue weighted by atomic mass is 10.0. The van der Waals surface area contributed by atoms with Gasteiger partial charge in [0.1, 0.15) is 0 Å². The van der Waals surface area contributed by atoms with Crippen molar-refractivity contribution in [1.29, 1.82) is 0 Å². The van der Waals surface area contributed by atoms with E-state index in [1.807, 2.05) is 18.2 Å². The standard InChI is InChI=1S/C19H21N3O/c1-21-8-3-9-22(11-10-21)13-6-7-14-15-4-2-5-17(20)18(15)19(23)16(14)12-13/h2,4-7,12H,3,8-11,20H2,1H3. The van der Waals surface area contributed by atoms with Crippen molar-refractivity contribution < 1.29 is 4.79 Å². The number of ketones is 1. The van der Waals surface area contributed by atoms with Crippen molar-refractivity contribution in [2.45, 2.75) is 6.42 Å². The molecule has 0 bridgehead atoms. The zero-order valence-corrected chi connectivity index (χ0v) is 13.4. The Morgan fingerprint density at radius 1 is 0.957 bits per heavy atom. The first kappa shape index (κ1) is 14.3. The second kappa shape index (κ2) is 5.39. The molecule has 0 spiro atoms. The Bertz CT molecular complexity index is 784. The smallest absolute Gasteiger partial charge is 0.196 e. The van der Waals surface area contributed by atoms with Crippen molar-refractivity contribution in [3.8, 4) is 11.1 Å². The molecule has 2 aromatic rings. The van der Waals surface area contributed by atoms with Gasteiger partial charge in [0.25, 0.3) is 0 Å². The molecule has 1 fully saturated rings. The molecule has 1 saturated heterocycles. The van der Waals surface area contributed by atoms with Crippen molar-refractivity contribution in [3.05, 3.63) is 47.5 Å². The summed E-state index contributed by atoms with van der Waals surface area (Å²) in [5.74, 6) is 0.0573. The van der Waals surface area contributed by atoms with E-state index < -0.39 is 0 Å². The van der Waals surface area contributed by atoms with Crippen molar-refractivity contribution in [2.75, 3.05) is 43.9 Å². The number of nitrogens with two attached hydrogens (primary N) is 1. The second-order valence-electron chi connectivity index (χ2n) is 6.47. The Labute approximate surface area is 136 Å². The topological polar surface area (TPSA) is 49.6 Å². The molecule has 4 heteroatoms. The summed E-state index contributed by atoms with van der Waals surface area (Å²) in [5, 5.41) is 0. The molecule has 4 rings (SSSR count). The molecule has 0 unspecified atom stereocenters. The zero-order chi connectivity index (χ0) is 16.0. The number of hydrogen-bond acceptors (Lipinski definition) is 4. The monoisotopic (exact) mass is 307 g/mol. The number of nitrogen functional groups attached to an aromatic ring is 1. The maximum atomic E-state index is 12.8. The molecule has 2 N–H and O–H groups in total. The van der Waals surface area contributed by atoms with E-state index in [0.717, 1.165) is 55.0 Å². The second-order valence-corrected chi connectivity index (χ2v) is 6.47. The number of nitrogens with zero attached hydrogens (tertiary/aromatic N) is 2. The highest BCUT2D eigenvalue weighted by Gasteiger charge is 2.29. The molecule has 1 heterocycles. The van der Waals surface area contributed by atoms with Crippen LogP contribution >= 0.6 is 0 Å². The van der Waals surface area contributed by atoms with E-state index in [1.54, 1.807) is 6.07 Å². The molecular formula is C19H21N3O. The van der Waals surface area contributed by atoms with Crippen LogP contribution < -0.4 is 10.6 Å². The van der Waals surface area contributed by atoms with Gasteiger partial charge in [0.2, 0.25) is 0 Å². The predicted molar refractivity (Wildman–Crippen MR) is 94.0 cm³/mol. The van der Waals surface area contributed by atoms with Crippen LogP contribution in [0.2, 0.25) is 0 Å². The summed E-state index contributed by atoms with van der Waals surface area (Å²) in [7, 11) is 2.16. The van der Waals surface area contributed by atoms with Gasteiger partial charge in [0, 0.05) is 36.6 Å². The van der Waals surface area contributed by atoms with Crippen LogP contribution in [0.1, 0.15) is 22.3 Å². The minimum atomic E-state index is 0.0573. The highest BCUT2D eigenvalue weighted by Crippen LogP contribution is 2.40. The van der Waals surface area contributed by atoms with Crippen LogP contribution in [0.4, 0.5) is 11.4 Å².